The molecule has 7 nitrogen and oxygen atoms in total. The van der Waals surface area contributed by atoms with E-state index >= 15 is 0 Å². The number of hydrogen-bond donors (Lipinski definition) is 1. The Morgan fingerprint density at radius 1 is 0.941 bits per heavy atom. The van der Waals surface area contributed by atoms with Gasteiger partial charge in [-0.05, 0) is 67.1 Å². The fourth-order valence-electron chi connectivity index (χ4n) is 3.32. The first-order chi connectivity index (χ1) is 16.3. The average Bonchev–Trinajstić information content (AvgIpc) is 3.04. The number of nitrogens with one attached hydrogen (secondary N) is 1. The zero-order valence-electron chi connectivity index (χ0n) is 18.1. The van der Waals surface area contributed by atoms with Crippen molar-refractivity contribution in [3.05, 3.63) is 93.6 Å². The molecular formula is C25H18Cl2N2O5. The molecule has 0 spiro atoms. The van der Waals surface area contributed by atoms with E-state index in [0.717, 1.165) is 10.5 Å². The first kappa shape index (κ1) is 23.4. The molecule has 0 aliphatic carbocycles. The van der Waals surface area contributed by atoms with Crippen molar-refractivity contribution >= 4 is 52.4 Å². The summed E-state index contributed by atoms with van der Waals surface area (Å²) in [6, 6.07) is 17.7. The van der Waals surface area contributed by atoms with E-state index in [0.29, 0.717) is 33.5 Å². The Kier molecular flexibility index (Phi) is 6.58. The zero-order valence-corrected chi connectivity index (χ0v) is 19.6. The van der Waals surface area contributed by atoms with Gasteiger partial charge in [-0.1, -0.05) is 29.3 Å². The van der Waals surface area contributed by atoms with Gasteiger partial charge in [-0.2, -0.15) is 0 Å². The number of rotatable bonds is 6. The number of carbonyl (C=O) groups is 3. The maximum absolute atomic E-state index is 12.9. The van der Waals surface area contributed by atoms with Crippen LogP contribution >= 0.6 is 23.2 Å². The van der Waals surface area contributed by atoms with Crippen LogP contribution in [0.4, 0.5) is 11.4 Å². The van der Waals surface area contributed by atoms with Gasteiger partial charge in [-0.3, -0.25) is 9.59 Å². The van der Waals surface area contributed by atoms with Crippen LogP contribution in [0.3, 0.4) is 0 Å². The van der Waals surface area contributed by atoms with Crippen LogP contribution in [0.1, 0.15) is 15.9 Å². The molecule has 172 valence electrons. The van der Waals surface area contributed by atoms with Crippen molar-refractivity contribution in [1.29, 1.82) is 0 Å². The van der Waals surface area contributed by atoms with Crippen LogP contribution in [0.5, 0.6) is 11.5 Å². The van der Waals surface area contributed by atoms with E-state index in [1.54, 1.807) is 61.5 Å². The minimum atomic E-state index is -0.652. The van der Waals surface area contributed by atoms with Gasteiger partial charge in [-0.25, -0.2) is 9.69 Å². The standard InChI is InChI=1S/C25H18Cl2N2O5/c1-14-12-16(26)8-11-20(14)34-25(32)15-6-9-17(10-7-15)28-22-21(27)23(30)29(24(22)31)18-4-3-5-19(13-18)33-2/h3-13,28H,1-2H3. The van der Waals surface area contributed by atoms with E-state index in [9.17, 15) is 14.4 Å². The molecule has 9 heteroatoms. The van der Waals surface area contributed by atoms with Crippen molar-refractivity contribution < 1.29 is 23.9 Å². The second kappa shape index (κ2) is 9.59. The fourth-order valence-corrected chi connectivity index (χ4v) is 3.75. The number of ether oxygens (including phenoxy) is 2. The maximum Gasteiger partial charge on any atom is 0.343 e. The summed E-state index contributed by atoms with van der Waals surface area (Å²) >= 11 is 12.1. The fraction of sp³-hybridized carbons (Fsp3) is 0.0800. The lowest BCUT2D eigenvalue weighted by molar-refractivity contribution is -0.120. The van der Waals surface area contributed by atoms with E-state index in [-0.39, 0.29) is 10.7 Å². The highest BCUT2D eigenvalue weighted by atomic mass is 35.5. The van der Waals surface area contributed by atoms with Gasteiger partial charge < -0.3 is 14.8 Å². The second-order valence-corrected chi connectivity index (χ2v) is 8.15. The summed E-state index contributed by atoms with van der Waals surface area (Å²) in [5.41, 5.74) is 1.75. The van der Waals surface area contributed by atoms with E-state index < -0.39 is 17.8 Å². The number of amides is 2. The lowest BCUT2D eigenvalue weighted by atomic mass is 10.2. The van der Waals surface area contributed by atoms with Crippen LogP contribution in [-0.2, 0) is 9.59 Å². The summed E-state index contributed by atoms with van der Waals surface area (Å²) in [4.78, 5) is 39.0. The van der Waals surface area contributed by atoms with Gasteiger partial charge in [-0.15, -0.1) is 0 Å². The summed E-state index contributed by atoms with van der Waals surface area (Å²) in [5.74, 6) is -0.912. The highest BCUT2D eigenvalue weighted by Crippen LogP contribution is 2.32. The van der Waals surface area contributed by atoms with Gasteiger partial charge in [0.2, 0.25) is 0 Å². The Balaban J connectivity index is 1.49. The first-order valence-corrected chi connectivity index (χ1v) is 10.8. The largest absolute Gasteiger partial charge is 0.497 e. The molecule has 1 aliphatic rings. The summed E-state index contributed by atoms with van der Waals surface area (Å²) in [7, 11) is 1.49. The number of methoxy groups -OCH3 is 1. The number of aryl methyl sites for hydroxylation is 1. The molecular weight excluding hydrogens is 479 g/mol. The summed E-state index contributed by atoms with van der Waals surface area (Å²) in [5, 5.41) is 3.17. The summed E-state index contributed by atoms with van der Waals surface area (Å²) in [6.45, 7) is 1.79. The molecule has 0 saturated carbocycles. The minimum Gasteiger partial charge on any atom is -0.497 e. The number of esters is 1. The molecule has 1 N–H and O–H groups in total. The van der Waals surface area contributed by atoms with Crippen LogP contribution in [0.2, 0.25) is 5.02 Å². The van der Waals surface area contributed by atoms with E-state index in [4.69, 9.17) is 32.7 Å². The van der Waals surface area contributed by atoms with Crippen LogP contribution < -0.4 is 19.7 Å². The topological polar surface area (TPSA) is 84.9 Å². The molecule has 1 heterocycles. The SMILES string of the molecule is COc1cccc(N2C(=O)C(Cl)=C(Nc3ccc(C(=O)Oc4ccc(Cl)cc4C)cc3)C2=O)c1. The molecule has 4 rings (SSSR count). The van der Waals surface area contributed by atoms with Gasteiger partial charge in [0.25, 0.3) is 11.8 Å². The first-order valence-electron chi connectivity index (χ1n) is 10.1. The van der Waals surface area contributed by atoms with Crippen molar-refractivity contribution in [2.24, 2.45) is 0 Å². The van der Waals surface area contributed by atoms with Gasteiger partial charge in [0.15, 0.2) is 0 Å². The maximum atomic E-state index is 12.9. The molecule has 0 saturated heterocycles. The monoisotopic (exact) mass is 496 g/mol. The predicted octanol–water partition coefficient (Wildman–Crippen LogP) is 5.31. The molecule has 3 aromatic carbocycles. The molecule has 0 bridgehead atoms. The predicted molar refractivity (Wildman–Crippen MR) is 130 cm³/mol. The number of benzene rings is 3. The molecule has 3 aromatic rings. The Morgan fingerprint density at radius 2 is 1.68 bits per heavy atom. The molecule has 0 atom stereocenters. The van der Waals surface area contributed by atoms with Gasteiger partial charge in [0.1, 0.15) is 22.2 Å². The van der Waals surface area contributed by atoms with Crippen LogP contribution in [0, 0.1) is 6.92 Å². The zero-order chi connectivity index (χ0) is 24.4. The van der Waals surface area contributed by atoms with Crippen molar-refractivity contribution in [2.45, 2.75) is 6.92 Å². The molecule has 1 aliphatic heterocycles. The number of anilines is 2. The van der Waals surface area contributed by atoms with Gasteiger partial charge in [0.05, 0.1) is 18.4 Å². The normalized spacial score (nSPS) is 13.4. The van der Waals surface area contributed by atoms with E-state index in [1.165, 1.54) is 19.2 Å². The summed E-state index contributed by atoms with van der Waals surface area (Å²) in [6.07, 6.45) is 0. The molecule has 0 radical (unpaired) electrons. The number of carbonyl (C=O) groups excluding carboxylic acids is 3. The van der Waals surface area contributed by atoms with Gasteiger partial charge >= 0.3 is 5.97 Å². The molecule has 0 aromatic heterocycles. The van der Waals surface area contributed by atoms with Crippen molar-refractivity contribution in [3.8, 4) is 11.5 Å². The average molecular weight is 497 g/mol. The smallest absolute Gasteiger partial charge is 0.343 e. The third kappa shape index (κ3) is 4.62. The van der Waals surface area contributed by atoms with E-state index in [2.05, 4.69) is 5.32 Å². The van der Waals surface area contributed by atoms with Crippen LogP contribution in [0.25, 0.3) is 0 Å². The molecule has 0 unspecified atom stereocenters. The number of hydrogen-bond acceptors (Lipinski definition) is 6. The quantitative estimate of drug-likeness (QED) is 0.282. The van der Waals surface area contributed by atoms with Crippen LogP contribution in [-0.4, -0.2) is 24.9 Å². The molecule has 0 fully saturated rings. The van der Waals surface area contributed by atoms with E-state index in [1.807, 2.05) is 0 Å². The highest BCUT2D eigenvalue weighted by molar-refractivity contribution is 6.53. The van der Waals surface area contributed by atoms with Crippen molar-refractivity contribution in [3.63, 3.8) is 0 Å². The Hall–Kier alpha value is -3.81. The second-order valence-electron chi connectivity index (χ2n) is 7.34. The Labute approximate surface area is 205 Å². The van der Waals surface area contributed by atoms with Crippen molar-refractivity contribution in [1.82, 2.24) is 0 Å². The highest BCUT2D eigenvalue weighted by Gasteiger charge is 2.39. The Bertz CT molecular complexity index is 1340. The lowest BCUT2D eigenvalue weighted by Gasteiger charge is -2.16. The van der Waals surface area contributed by atoms with Gasteiger partial charge in [0, 0.05) is 16.8 Å². The molecule has 2 amide bonds. The van der Waals surface area contributed by atoms with Crippen molar-refractivity contribution in [2.75, 3.05) is 17.3 Å². The molecule has 34 heavy (non-hydrogen) atoms. The third-order valence-corrected chi connectivity index (χ3v) is 5.65. The minimum absolute atomic E-state index is 0.0680. The lowest BCUT2D eigenvalue weighted by Crippen LogP contribution is -2.32. The number of halogens is 2. The third-order valence-electron chi connectivity index (χ3n) is 5.07. The number of imide groups is 1. The Morgan fingerprint density at radius 3 is 2.35 bits per heavy atom. The summed E-state index contributed by atoms with van der Waals surface area (Å²) < 4.78 is 10.6. The van der Waals surface area contributed by atoms with Crippen LogP contribution in [0.15, 0.2) is 77.5 Å². The number of nitrogens with zero attached hydrogens (tertiary/aromatic N) is 1.